The summed E-state index contributed by atoms with van der Waals surface area (Å²) >= 11 is 0. The predicted octanol–water partition coefficient (Wildman–Crippen LogP) is 7.42. The number of carbonyl (C=O) groups is 2. The molecule has 0 saturated heterocycles. The summed E-state index contributed by atoms with van der Waals surface area (Å²) in [6.45, 7) is 7.54. The molecule has 0 N–H and O–H groups in total. The number of hydrogen-bond acceptors (Lipinski definition) is 4. The first-order valence-electron chi connectivity index (χ1n) is 11.8. The maximum absolute atomic E-state index is 11.7. The lowest BCUT2D eigenvalue weighted by Gasteiger charge is -2.05. The Morgan fingerprint density at radius 1 is 0.724 bits per heavy atom. The number of hydrogen-bond donors (Lipinski definition) is 0. The van der Waals surface area contributed by atoms with Gasteiger partial charge >= 0.3 is 11.9 Å². The number of rotatable bonds is 20. The maximum atomic E-state index is 11.7. The summed E-state index contributed by atoms with van der Waals surface area (Å²) in [5.41, 5.74) is 0.275. The van der Waals surface area contributed by atoms with Gasteiger partial charge < -0.3 is 9.47 Å². The van der Waals surface area contributed by atoms with Gasteiger partial charge in [0.15, 0.2) is 0 Å². The molecule has 168 valence electrons. The predicted molar refractivity (Wildman–Crippen MR) is 121 cm³/mol. The highest BCUT2D eigenvalue weighted by Gasteiger charge is 2.06. The number of esters is 2. The zero-order valence-electron chi connectivity index (χ0n) is 19.0. The van der Waals surface area contributed by atoms with Gasteiger partial charge in [-0.05, 0) is 13.3 Å². The van der Waals surface area contributed by atoms with E-state index in [0.29, 0.717) is 6.61 Å². The lowest BCUT2D eigenvalue weighted by atomic mass is 10.0. The molecule has 0 amide bonds. The van der Waals surface area contributed by atoms with Crippen molar-refractivity contribution >= 4 is 11.9 Å². The fourth-order valence-corrected chi connectivity index (χ4v) is 3.17. The highest BCUT2D eigenvalue weighted by Crippen LogP contribution is 2.13. The van der Waals surface area contributed by atoms with Crippen LogP contribution in [-0.4, -0.2) is 18.5 Å². The number of ether oxygens (including phenoxy) is 2. The molecular weight excluding hydrogens is 364 g/mol. The summed E-state index contributed by atoms with van der Waals surface area (Å²) in [6.07, 6.45) is 23.2. The first kappa shape index (κ1) is 27.4. The van der Waals surface area contributed by atoms with Crippen LogP contribution in [0.2, 0.25) is 0 Å². The minimum Gasteiger partial charge on any atom is -0.462 e. The minimum absolute atomic E-state index is 0.275. The van der Waals surface area contributed by atoms with Gasteiger partial charge in [-0.15, -0.1) is 0 Å². The summed E-state index contributed by atoms with van der Waals surface area (Å²) in [4.78, 5) is 22.6. The third-order valence-corrected chi connectivity index (χ3v) is 5.07. The van der Waals surface area contributed by atoms with Crippen molar-refractivity contribution in [2.24, 2.45) is 0 Å². The molecule has 0 fully saturated rings. The van der Waals surface area contributed by atoms with Gasteiger partial charge in [0.2, 0.25) is 0 Å². The average Bonchev–Trinajstić information content (AvgIpc) is 2.73. The van der Waals surface area contributed by atoms with E-state index in [9.17, 15) is 9.59 Å². The zero-order valence-corrected chi connectivity index (χ0v) is 19.0. The van der Waals surface area contributed by atoms with Crippen LogP contribution in [0.5, 0.6) is 0 Å². The standard InChI is InChI=1S/C25H44O4/c1-4-6-7-8-9-10-11-12-13-14-15-16-17-18-19-20-21-28-25(27)23(3)22-29-24(26)5-2/h5,22H,2,4,6-21H2,1,3H3. The minimum atomic E-state index is -0.588. The van der Waals surface area contributed by atoms with Gasteiger partial charge in [0.05, 0.1) is 12.2 Å². The van der Waals surface area contributed by atoms with E-state index in [-0.39, 0.29) is 5.57 Å². The lowest BCUT2D eigenvalue weighted by Crippen LogP contribution is -2.08. The topological polar surface area (TPSA) is 52.6 Å². The van der Waals surface area contributed by atoms with Gasteiger partial charge in [0, 0.05) is 6.08 Å². The molecule has 4 nitrogen and oxygen atoms in total. The van der Waals surface area contributed by atoms with Gasteiger partial charge in [0.25, 0.3) is 0 Å². The van der Waals surface area contributed by atoms with E-state index >= 15 is 0 Å². The molecule has 0 aromatic heterocycles. The highest BCUT2D eigenvalue weighted by molar-refractivity contribution is 5.88. The van der Waals surface area contributed by atoms with Crippen molar-refractivity contribution in [2.45, 2.75) is 117 Å². The van der Waals surface area contributed by atoms with Crippen LogP contribution in [0.25, 0.3) is 0 Å². The smallest absolute Gasteiger partial charge is 0.336 e. The van der Waals surface area contributed by atoms with Crippen molar-refractivity contribution in [3.8, 4) is 0 Å². The van der Waals surface area contributed by atoms with Crippen molar-refractivity contribution in [2.75, 3.05) is 6.61 Å². The molecule has 29 heavy (non-hydrogen) atoms. The van der Waals surface area contributed by atoms with Gasteiger partial charge in [0.1, 0.15) is 6.26 Å². The summed E-state index contributed by atoms with van der Waals surface area (Å²) in [5, 5.41) is 0. The second-order valence-corrected chi connectivity index (χ2v) is 7.88. The van der Waals surface area contributed by atoms with E-state index < -0.39 is 11.9 Å². The summed E-state index contributed by atoms with van der Waals surface area (Å²) in [5.74, 6) is -1.03. The second kappa shape index (κ2) is 21.1. The van der Waals surface area contributed by atoms with Crippen LogP contribution in [0.4, 0.5) is 0 Å². The molecule has 0 aliphatic rings. The van der Waals surface area contributed by atoms with Gasteiger partial charge in [-0.3, -0.25) is 0 Å². The van der Waals surface area contributed by atoms with Crippen LogP contribution in [-0.2, 0) is 19.1 Å². The molecule has 0 aliphatic carbocycles. The molecule has 0 unspecified atom stereocenters. The first-order valence-corrected chi connectivity index (χ1v) is 11.8. The molecule has 0 bridgehead atoms. The maximum Gasteiger partial charge on any atom is 0.336 e. The first-order chi connectivity index (χ1) is 14.1. The molecule has 0 aromatic rings. The van der Waals surface area contributed by atoms with Crippen LogP contribution in [0.1, 0.15) is 117 Å². The Bertz CT molecular complexity index is 454. The summed E-state index contributed by atoms with van der Waals surface area (Å²) < 4.78 is 9.86. The molecule has 0 saturated carbocycles. The van der Waals surface area contributed by atoms with Crippen LogP contribution in [0.15, 0.2) is 24.5 Å². The molecule has 0 aromatic carbocycles. The summed E-state index contributed by atoms with van der Waals surface area (Å²) in [7, 11) is 0. The second-order valence-electron chi connectivity index (χ2n) is 7.88. The Hall–Kier alpha value is -1.58. The van der Waals surface area contributed by atoms with Gasteiger partial charge in [-0.1, -0.05) is 110 Å². The van der Waals surface area contributed by atoms with E-state index in [1.807, 2.05) is 0 Å². The van der Waals surface area contributed by atoms with Gasteiger partial charge in [-0.2, -0.15) is 0 Å². The van der Waals surface area contributed by atoms with Crippen LogP contribution >= 0.6 is 0 Å². The van der Waals surface area contributed by atoms with Crippen LogP contribution < -0.4 is 0 Å². The van der Waals surface area contributed by atoms with Crippen molar-refractivity contribution < 1.29 is 19.1 Å². The van der Waals surface area contributed by atoms with Crippen molar-refractivity contribution in [1.29, 1.82) is 0 Å². The molecule has 0 radical (unpaired) electrons. The van der Waals surface area contributed by atoms with Crippen LogP contribution in [0, 0.1) is 0 Å². The van der Waals surface area contributed by atoms with E-state index in [4.69, 9.17) is 9.47 Å². The monoisotopic (exact) mass is 408 g/mol. The van der Waals surface area contributed by atoms with Crippen LogP contribution in [0.3, 0.4) is 0 Å². The lowest BCUT2D eigenvalue weighted by molar-refractivity contribution is -0.139. The number of unbranched alkanes of at least 4 members (excludes halogenated alkanes) is 15. The number of carbonyl (C=O) groups excluding carboxylic acids is 2. The van der Waals surface area contributed by atoms with E-state index in [1.165, 1.54) is 89.9 Å². The Morgan fingerprint density at radius 2 is 1.14 bits per heavy atom. The van der Waals surface area contributed by atoms with E-state index in [2.05, 4.69) is 13.5 Å². The average molecular weight is 409 g/mol. The molecule has 0 atom stereocenters. The fourth-order valence-electron chi connectivity index (χ4n) is 3.17. The summed E-state index contributed by atoms with van der Waals surface area (Å²) in [6, 6.07) is 0. The Morgan fingerprint density at radius 3 is 1.55 bits per heavy atom. The third-order valence-electron chi connectivity index (χ3n) is 5.07. The highest BCUT2D eigenvalue weighted by atomic mass is 16.5. The molecule has 0 rings (SSSR count). The fraction of sp³-hybridized carbons (Fsp3) is 0.760. The van der Waals surface area contributed by atoms with Crippen molar-refractivity contribution in [1.82, 2.24) is 0 Å². The molecule has 0 spiro atoms. The van der Waals surface area contributed by atoms with E-state index in [0.717, 1.165) is 25.2 Å². The van der Waals surface area contributed by atoms with E-state index in [1.54, 1.807) is 6.92 Å². The molecular formula is C25H44O4. The SMILES string of the molecule is C=CC(=O)OC=C(C)C(=O)OCCCCCCCCCCCCCCCCCC. The normalized spacial score (nSPS) is 11.3. The third kappa shape index (κ3) is 19.5. The quantitative estimate of drug-likeness (QED) is 0.0910. The Balaban J connectivity index is 3.32. The largest absolute Gasteiger partial charge is 0.462 e. The van der Waals surface area contributed by atoms with Gasteiger partial charge in [-0.25, -0.2) is 9.59 Å². The Kier molecular flexibility index (Phi) is 20.0. The Labute approximate surface area is 179 Å². The molecule has 0 heterocycles. The zero-order chi connectivity index (χ0) is 21.6. The molecule has 0 aliphatic heterocycles. The van der Waals surface area contributed by atoms with Crippen molar-refractivity contribution in [3.63, 3.8) is 0 Å². The van der Waals surface area contributed by atoms with Crippen molar-refractivity contribution in [3.05, 3.63) is 24.5 Å². The molecule has 4 heteroatoms.